The molecule has 0 fully saturated rings. The Hall–Kier alpha value is -1.20. The molecule has 0 aliphatic rings. The minimum atomic E-state index is -0.962. The summed E-state index contributed by atoms with van der Waals surface area (Å²) in [6, 6.07) is 3.07. The van der Waals surface area contributed by atoms with E-state index in [2.05, 4.69) is 5.32 Å². The highest BCUT2D eigenvalue weighted by Gasteiger charge is 2.15. The van der Waals surface area contributed by atoms with Crippen molar-refractivity contribution in [2.24, 2.45) is 0 Å². The third-order valence-corrected chi connectivity index (χ3v) is 2.60. The van der Waals surface area contributed by atoms with E-state index in [0.717, 1.165) is 0 Å². The minimum Gasteiger partial charge on any atom is -0.480 e. The highest BCUT2D eigenvalue weighted by molar-refractivity contribution is 7.12. The van der Waals surface area contributed by atoms with E-state index >= 15 is 0 Å². The van der Waals surface area contributed by atoms with Gasteiger partial charge in [-0.1, -0.05) is 6.07 Å². The fourth-order valence-corrected chi connectivity index (χ4v) is 1.72. The molecule has 0 saturated carbocycles. The van der Waals surface area contributed by atoms with Crippen molar-refractivity contribution in [1.29, 1.82) is 0 Å². The van der Waals surface area contributed by atoms with E-state index < -0.39 is 12.0 Å². The van der Waals surface area contributed by atoms with E-state index in [1.807, 2.05) is 5.38 Å². The monoisotopic (exact) mass is 213 g/mol. The van der Waals surface area contributed by atoms with Crippen molar-refractivity contribution in [3.8, 4) is 0 Å². The second kappa shape index (κ2) is 4.88. The number of carboxylic acids is 1. The molecule has 1 heterocycles. The molecule has 1 aromatic heterocycles. The topological polar surface area (TPSA) is 66.4 Å². The number of thiophene rings is 1. The molecule has 0 saturated heterocycles. The lowest BCUT2D eigenvalue weighted by molar-refractivity contribution is -0.136. The lowest BCUT2D eigenvalue weighted by Gasteiger charge is -2.08. The summed E-state index contributed by atoms with van der Waals surface area (Å²) < 4.78 is 0. The highest BCUT2D eigenvalue weighted by Crippen LogP contribution is 2.10. The zero-order valence-electron chi connectivity index (χ0n) is 7.69. The lowest BCUT2D eigenvalue weighted by Crippen LogP contribution is -2.37. The van der Waals surface area contributed by atoms with Crippen LogP contribution in [0.2, 0.25) is 0 Å². The molecule has 1 rings (SSSR count). The van der Waals surface area contributed by atoms with Gasteiger partial charge in [0.15, 0.2) is 5.78 Å². The van der Waals surface area contributed by atoms with Gasteiger partial charge in [-0.2, -0.15) is 0 Å². The summed E-state index contributed by atoms with van der Waals surface area (Å²) in [6.07, 6.45) is 0. The number of rotatable bonds is 5. The number of aliphatic carboxylic acids is 1. The summed E-state index contributed by atoms with van der Waals surface area (Å²) in [6.45, 7) is 1.46. The smallest absolute Gasteiger partial charge is 0.317 e. The van der Waals surface area contributed by atoms with Crippen molar-refractivity contribution in [3.05, 3.63) is 22.4 Å². The van der Waals surface area contributed by atoms with Crippen LogP contribution < -0.4 is 5.32 Å². The van der Waals surface area contributed by atoms with Gasteiger partial charge in [0.1, 0.15) is 0 Å². The van der Waals surface area contributed by atoms with E-state index in [4.69, 9.17) is 5.11 Å². The first-order valence-corrected chi connectivity index (χ1v) is 5.02. The van der Waals surface area contributed by atoms with Crippen LogP contribution in [0.15, 0.2) is 17.5 Å². The number of nitrogens with one attached hydrogen (secondary N) is 1. The molecule has 1 atom stereocenters. The average Bonchev–Trinajstić information content (AvgIpc) is 2.65. The van der Waals surface area contributed by atoms with Gasteiger partial charge in [0.2, 0.25) is 0 Å². The molecular formula is C9H11NO3S. The number of carbonyl (C=O) groups excluding carboxylic acids is 1. The Kier molecular flexibility index (Phi) is 3.79. The molecule has 0 aliphatic heterocycles. The van der Waals surface area contributed by atoms with Crippen molar-refractivity contribution in [1.82, 2.24) is 5.32 Å². The Morgan fingerprint density at radius 2 is 2.36 bits per heavy atom. The quantitative estimate of drug-likeness (QED) is 0.716. The second-order valence-electron chi connectivity index (χ2n) is 2.84. The molecule has 76 valence electrons. The molecule has 5 heteroatoms. The van der Waals surface area contributed by atoms with Crippen molar-refractivity contribution in [3.63, 3.8) is 0 Å². The summed E-state index contributed by atoms with van der Waals surface area (Å²) in [5, 5.41) is 12.8. The molecule has 2 N–H and O–H groups in total. The van der Waals surface area contributed by atoms with Crippen LogP contribution in [0.4, 0.5) is 0 Å². The normalized spacial score (nSPS) is 12.4. The fourth-order valence-electron chi connectivity index (χ4n) is 0.965. The Morgan fingerprint density at radius 3 is 2.86 bits per heavy atom. The molecule has 14 heavy (non-hydrogen) atoms. The number of carbonyl (C=O) groups is 2. The van der Waals surface area contributed by atoms with Crippen LogP contribution in [-0.2, 0) is 4.79 Å². The second-order valence-corrected chi connectivity index (χ2v) is 3.79. The first kappa shape index (κ1) is 10.9. The van der Waals surface area contributed by atoms with E-state index in [9.17, 15) is 9.59 Å². The molecule has 1 aromatic rings. The number of hydrogen-bond donors (Lipinski definition) is 2. The maximum Gasteiger partial charge on any atom is 0.317 e. The average molecular weight is 213 g/mol. The van der Waals surface area contributed by atoms with Crippen LogP contribution in [0.25, 0.3) is 0 Å². The molecular weight excluding hydrogens is 202 g/mol. The largest absolute Gasteiger partial charge is 0.480 e. The van der Waals surface area contributed by atoms with Gasteiger partial charge in [-0.05, 0) is 18.4 Å². The van der Waals surface area contributed by atoms with Crippen LogP contribution in [0.5, 0.6) is 0 Å². The van der Waals surface area contributed by atoms with Crippen LogP contribution in [0, 0.1) is 0 Å². The van der Waals surface area contributed by atoms with Crippen molar-refractivity contribution in [2.45, 2.75) is 13.0 Å². The van der Waals surface area contributed by atoms with Crippen molar-refractivity contribution >= 4 is 23.1 Å². The van der Waals surface area contributed by atoms with Gasteiger partial charge in [-0.25, -0.2) is 0 Å². The Bertz CT molecular complexity index is 321. The van der Waals surface area contributed by atoms with E-state index in [0.29, 0.717) is 4.88 Å². The van der Waals surface area contributed by atoms with Crippen LogP contribution in [0.1, 0.15) is 16.6 Å². The van der Waals surface area contributed by atoms with Crippen LogP contribution in [-0.4, -0.2) is 29.4 Å². The predicted molar refractivity (Wildman–Crippen MR) is 53.8 cm³/mol. The zero-order chi connectivity index (χ0) is 10.6. The highest BCUT2D eigenvalue weighted by atomic mass is 32.1. The third-order valence-electron chi connectivity index (χ3n) is 1.72. The summed E-state index contributed by atoms with van der Waals surface area (Å²) >= 11 is 1.36. The van der Waals surface area contributed by atoms with Gasteiger partial charge >= 0.3 is 5.97 Å². The van der Waals surface area contributed by atoms with Gasteiger partial charge < -0.3 is 5.11 Å². The Morgan fingerprint density at radius 1 is 1.64 bits per heavy atom. The standard InChI is InChI=1S/C9H11NO3S/c1-6(10-5-8(11)12)9(13)7-3-2-4-14-7/h2-4,6,10H,5H2,1H3,(H,11,12). The predicted octanol–water partition coefficient (Wildman–Crippen LogP) is 0.993. The first-order chi connectivity index (χ1) is 6.61. The van der Waals surface area contributed by atoms with Crippen LogP contribution in [0.3, 0.4) is 0 Å². The van der Waals surface area contributed by atoms with Crippen molar-refractivity contribution < 1.29 is 14.7 Å². The van der Waals surface area contributed by atoms with Crippen LogP contribution >= 0.6 is 11.3 Å². The first-order valence-electron chi connectivity index (χ1n) is 4.14. The van der Waals surface area contributed by atoms with Gasteiger partial charge in [0.05, 0.1) is 17.5 Å². The zero-order valence-corrected chi connectivity index (χ0v) is 8.50. The molecule has 0 aliphatic carbocycles. The summed E-state index contributed by atoms with van der Waals surface area (Å²) in [5.41, 5.74) is 0. The van der Waals surface area contributed by atoms with E-state index in [1.165, 1.54) is 11.3 Å². The Balaban J connectivity index is 2.49. The third kappa shape index (κ3) is 2.93. The minimum absolute atomic E-state index is 0.0683. The summed E-state index contributed by atoms with van der Waals surface area (Å²) in [4.78, 5) is 22.5. The molecule has 1 unspecified atom stereocenters. The molecule has 0 aromatic carbocycles. The van der Waals surface area contributed by atoms with Gasteiger partial charge in [0.25, 0.3) is 0 Å². The maximum absolute atomic E-state index is 11.6. The van der Waals surface area contributed by atoms with Gasteiger partial charge in [-0.3, -0.25) is 14.9 Å². The van der Waals surface area contributed by atoms with E-state index in [-0.39, 0.29) is 12.3 Å². The SMILES string of the molecule is CC(NCC(=O)O)C(=O)c1cccs1. The fraction of sp³-hybridized carbons (Fsp3) is 0.333. The molecule has 0 amide bonds. The number of carboxylic acid groups (broad SMARTS) is 1. The van der Waals surface area contributed by atoms with Gasteiger partial charge in [0, 0.05) is 0 Å². The molecule has 0 radical (unpaired) electrons. The van der Waals surface area contributed by atoms with E-state index in [1.54, 1.807) is 19.1 Å². The summed E-state index contributed by atoms with van der Waals surface area (Å²) in [5.74, 6) is -1.03. The Labute approximate surface area is 85.6 Å². The van der Waals surface area contributed by atoms with Crippen molar-refractivity contribution in [2.75, 3.05) is 6.54 Å². The molecule has 4 nitrogen and oxygen atoms in total. The number of hydrogen-bond acceptors (Lipinski definition) is 4. The summed E-state index contributed by atoms with van der Waals surface area (Å²) in [7, 11) is 0. The maximum atomic E-state index is 11.6. The molecule has 0 bridgehead atoms. The number of ketones is 1. The van der Waals surface area contributed by atoms with Gasteiger partial charge in [-0.15, -0.1) is 11.3 Å². The molecule has 0 spiro atoms. The number of Topliss-reactive ketones (excluding diaryl/α,β-unsaturated/α-hetero) is 1. The lowest BCUT2D eigenvalue weighted by atomic mass is 10.2.